The average Bonchev–Trinajstić information content (AvgIpc) is 3.66. The van der Waals surface area contributed by atoms with Crippen LogP contribution >= 0.6 is 0 Å². The van der Waals surface area contributed by atoms with E-state index in [0.29, 0.717) is 17.5 Å². The molecule has 11 rings (SSSR count). The molecule has 0 unspecified atom stereocenters. The van der Waals surface area contributed by atoms with Gasteiger partial charge in [0.15, 0.2) is 17.5 Å². The Morgan fingerprint density at radius 2 is 0.800 bits per heavy atom. The molecule has 0 N–H and O–H groups in total. The molecule has 0 aliphatic carbocycles. The summed E-state index contributed by atoms with van der Waals surface area (Å²) in [4.78, 5) is 20.8. The first-order chi connectivity index (χ1) is 27.2. The molecule has 11 aromatic rings. The van der Waals surface area contributed by atoms with Crippen LogP contribution < -0.4 is 0 Å². The van der Waals surface area contributed by atoms with E-state index in [9.17, 15) is 0 Å². The second-order valence-corrected chi connectivity index (χ2v) is 13.9. The maximum atomic E-state index is 5.24. The second kappa shape index (κ2) is 12.6. The van der Waals surface area contributed by atoms with Crippen LogP contribution in [0.2, 0.25) is 0 Å². The van der Waals surface area contributed by atoms with Gasteiger partial charge in [0, 0.05) is 27.6 Å². The number of hydrogen-bond acceptors (Lipinski definition) is 4. The van der Waals surface area contributed by atoms with Crippen molar-refractivity contribution in [3.8, 4) is 56.5 Å². The van der Waals surface area contributed by atoms with Crippen LogP contribution in [0.5, 0.6) is 0 Å². The normalized spacial score (nSPS) is 11.6. The predicted molar refractivity (Wildman–Crippen MR) is 226 cm³/mol. The molecule has 3 aromatic heterocycles. The highest BCUT2D eigenvalue weighted by Crippen LogP contribution is 2.36. The van der Waals surface area contributed by atoms with E-state index in [2.05, 4.69) is 192 Å². The molecule has 0 aliphatic rings. The number of hydrogen-bond donors (Lipinski definition) is 0. The molecule has 256 valence electrons. The van der Waals surface area contributed by atoms with Gasteiger partial charge in [-0.2, -0.15) is 0 Å². The van der Waals surface area contributed by atoms with Crippen molar-refractivity contribution in [3.05, 3.63) is 188 Å². The van der Waals surface area contributed by atoms with Gasteiger partial charge in [-0.15, -0.1) is 0 Å². The lowest BCUT2D eigenvalue weighted by molar-refractivity contribution is 1.08. The van der Waals surface area contributed by atoms with Crippen molar-refractivity contribution in [3.63, 3.8) is 0 Å². The summed E-state index contributed by atoms with van der Waals surface area (Å²) >= 11 is 0. The third-order valence-corrected chi connectivity index (χ3v) is 10.6. The topological polar surface area (TPSA) is 56.0 Å². The Hall–Kier alpha value is -7.50. The predicted octanol–water partition coefficient (Wildman–Crippen LogP) is 12.5. The number of aromatic nitrogens is 5. The van der Waals surface area contributed by atoms with Gasteiger partial charge in [-0.25, -0.2) is 19.9 Å². The van der Waals surface area contributed by atoms with Crippen LogP contribution in [0, 0.1) is 0 Å². The van der Waals surface area contributed by atoms with Crippen LogP contribution in [0.3, 0.4) is 0 Å². The van der Waals surface area contributed by atoms with Gasteiger partial charge in [0.1, 0.15) is 0 Å². The number of benzene rings is 8. The van der Waals surface area contributed by atoms with Gasteiger partial charge in [0.05, 0.1) is 27.8 Å². The van der Waals surface area contributed by atoms with E-state index < -0.39 is 0 Å². The van der Waals surface area contributed by atoms with E-state index in [1.165, 1.54) is 10.9 Å². The van der Waals surface area contributed by atoms with Crippen molar-refractivity contribution in [1.82, 2.24) is 24.3 Å². The van der Waals surface area contributed by atoms with Crippen LogP contribution in [-0.4, -0.2) is 24.3 Å². The highest BCUT2D eigenvalue weighted by atomic mass is 15.0. The smallest absolute Gasteiger partial charge is 0.164 e. The SMILES string of the molecule is c1cc(-c2cccc(-c3nc4ccccc4n4c3cc3ccccc34)c2)cc(-c2nc(-c3cccc4ccccc34)nc(-c3cccc4ccccc34)n2)c1. The number of rotatable bonds is 5. The fraction of sp³-hybridized carbons (Fsp3) is 0. The Morgan fingerprint density at radius 1 is 0.309 bits per heavy atom. The Balaban J connectivity index is 1.07. The molecule has 8 aromatic carbocycles. The molecule has 0 radical (unpaired) electrons. The molecular weight excluding hydrogens is 671 g/mol. The zero-order valence-corrected chi connectivity index (χ0v) is 29.6. The standard InChI is InChI=1S/C50H31N5/c1-4-22-39-32(13-1)16-11-24-41(39)49-52-48(53-50(54-49)42-25-12-17-33-14-2-5-23-40(33)42)38-21-10-19-35(30-38)34-18-9-20-37(29-34)47-46-31-36-15-3-7-27-44(36)55(46)45-28-8-6-26-43(45)51-47/h1-31H. The minimum absolute atomic E-state index is 0.622. The monoisotopic (exact) mass is 701 g/mol. The maximum Gasteiger partial charge on any atom is 0.164 e. The van der Waals surface area contributed by atoms with Crippen LogP contribution in [0.4, 0.5) is 0 Å². The van der Waals surface area contributed by atoms with Crippen molar-refractivity contribution in [2.45, 2.75) is 0 Å². The van der Waals surface area contributed by atoms with Crippen LogP contribution in [0.25, 0.3) is 106 Å². The second-order valence-electron chi connectivity index (χ2n) is 13.9. The van der Waals surface area contributed by atoms with Crippen molar-refractivity contribution in [2.24, 2.45) is 0 Å². The molecule has 5 heteroatoms. The van der Waals surface area contributed by atoms with Crippen molar-refractivity contribution in [2.75, 3.05) is 0 Å². The molecule has 0 fully saturated rings. The summed E-state index contributed by atoms with van der Waals surface area (Å²) in [5.74, 6) is 1.91. The number of para-hydroxylation sites is 3. The summed E-state index contributed by atoms with van der Waals surface area (Å²) in [5, 5.41) is 5.67. The fourth-order valence-corrected chi connectivity index (χ4v) is 8.00. The fourth-order valence-electron chi connectivity index (χ4n) is 8.00. The summed E-state index contributed by atoms with van der Waals surface area (Å²) in [6.45, 7) is 0. The summed E-state index contributed by atoms with van der Waals surface area (Å²) in [5.41, 5.74) is 11.3. The van der Waals surface area contributed by atoms with Gasteiger partial charge >= 0.3 is 0 Å². The Morgan fingerprint density at radius 3 is 1.49 bits per heavy atom. The molecule has 0 atom stereocenters. The van der Waals surface area contributed by atoms with Gasteiger partial charge in [-0.05, 0) is 69.1 Å². The molecule has 0 bridgehead atoms. The zero-order chi connectivity index (χ0) is 36.3. The average molecular weight is 702 g/mol. The van der Waals surface area contributed by atoms with Gasteiger partial charge in [0.2, 0.25) is 0 Å². The summed E-state index contributed by atoms with van der Waals surface area (Å²) < 4.78 is 2.34. The Bertz CT molecular complexity index is 3180. The van der Waals surface area contributed by atoms with Crippen molar-refractivity contribution < 1.29 is 0 Å². The summed E-state index contributed by atoms with van der Waals surface area (Å²) in [6.07, 6.45) is 0. The van der Waals surface area contributed by atoms with Gasteiger partial charge in [0.25, 0.3) is 0 Å². The van der Waals surface area contributed by atoms with E-state index in [1.54, 1.807) is 0 Å². The largest absolute Gasteiger partial charge is 0.306 e. The molecule has 0 saturated carbocycles. The van der Waals surface area contributed by atoms with E-state index >= 15 is 0 Å². The van der Waals surface area contributed by atoms with Crippen LogP contribution in [0.15, 0.2) is 188 Å². The Labute approximate surface area is 316 Å². The molecule has 0 aliphatic heterocycles. The quantitative estimate of drug-likeness (QED) is 0.179. The number of fused-ring (bicyclic) bond motifs is 7. The molecule has 5 nitrogen and oxygen atoms in total. The van der Waals surface area contributed by atoms with Crippen molar-refractivity contribution >= 4 is 49.0 Å². The van der Waals surface area contributed by atoms with Gasteiger partial charge < -0.3 is 4.40 Å². The first-order valence-electron chi connectivity index (χ1n) is 18.5. The zero-order valence-electron chi connectivity index (χ0n) is 29.6. The highest BCUT2D eigenvalue weighted by molar-refractivity contribution is 6.00. The lowest BCUT2D eigenvalue weighted by atomic mass is 9.99. The van der Waals surface area contributed by atoms with E-state index in [-0.39, 0.29) is 0 Å². The lowest BCUT2D eigenvalue weighted by Gasteiger charge is -2.13. The van der Waals surface area contributed by atoms with Gasteiger partial charge in [-0.1, -0.05) is 152 Å². The first kappa shape index (κ1) is 31.1. The highest BCUT2D eigenvalue weighted by Gasteiger charge is 2.18. The summed E-state index contributed by atoms with van der Waals surface area (Å²) in [7, 11) is 0. The molecule has 0 amide bonds. The maximum absolute atomic E-state index is 5.24. The minimum Gasteiger partial charge on any atom is -0.306 e. The molecule has 55 heavy (non-hydrogen) atoms. The van der Waals surface area contributed by atoms with E-state index in [0.717, 1.165) is 77.2 Å². The van der Waals surface area contributed by atoms with E-state index in [4.69, 9.17) is 19.9 Å². The number of nitrogens with zero attached hydrogens (tertiary/aromatic N) is 5. The summed E-state index contributed by atoms with van der Waals surface area (Å²) in [6, 6.07) is 65.7. The molecule has 0 spiro atoms. The van der Waals surface area contributed by atoms with Crippen LogP contribution in [-0.2, 0) is 0 Å². The lowest BCUT2D eigenvalue weighted by Crippen LogP contribution is -2.01. The van der Waals surface area contributed by atoms with Crippen LogP contribution in [0.1, 0.15) is 0 Å². The third kappa shape index (κ3) is 5.24. The molecular formula is C50H31N5. The first-order valence-corrected chi connectivity index (χ1v) is 18.5. The Kier molecular flexibility index (Phi) is 7.10. The molecule has 3 heterocycles. The van der Waals surface area contributed by atoms with E-state index in [1.807, 2.05) is 0 Å². The minimum atomic E-state index is 0.622. The van der Waals surface area contributed by atoms with Gasteiger partial charge in [-0.3, -0.25) is 0 Å². The third-order valence-electron chi connectivity index (χ3n) is 10.6. The molecule has 0 saturated heterocycles. The van der Waals surface area contributed by atoms with Crippen molar-refractivity contribution in [1.29, 1.82) is 0 Å².